The molecule has 0 spiro atoms. The molecular weight excluding hydrogens is 214 g/mol. The summed E-state index contributed by atoms with van der Waals surface area (Å²) < 4.78 is 5.75. The Morgan fingerprint density at radius 2 is 2.12 bits per heavy atom. The lowest BCUT2D eigenvalue weighted by atomic mass is 10.2. The molecule has 2 unspecified atom stereocenters. The molecule has 0 saturated heterocycles. The van der Waals surface area contributed by atoms with Crippen molar-refractivity contribution in [1.29, 1.82) is 0 Å². The largest absolute Gasteiger partial charge is 0.458 e. The molecule has 4 heteroatoms. The zero-order chi connectivity index (χ0) is 11.7. The van der Waals surface area contributed by atoms with Crippen LogP contribution in [0.5, 0.6) is 6.01 Å². The third-order valence-electron chi connectivity index (χ3n) is 3.23. The molecule has 1 aliphatic rings. The van der Waals surface area contributed by atoms with Crippen LogP contribution in [0.15, 0.2) is 30.5 Å². The van der Waals surface area contributed by atoms with Gasteiger partial charge in [0.2, 0.25) is 0 Å². The first-order valence-corrected chi connectivity index (χ1v) is 5.97. The van der Waals surface area contributed by atoms with Crippen molar-refractivity contribution < 1.29 is 4.74 Å². The van der Waals surface area contributed by atoms with E-state index >= 15 is 0 Å². The summed E-state index contributed by atoms with van der Waals surface area (Å²) in [4.78, 5) is 8.60. The van der Waals surface area contributed by atoms with E-state index in [4.69, 9.17) is 10.5 Å². The van der Waals surface area contributed by atoms with Gasteiger partial charge in [-0.2, -0.15) is 4.98 Å². The number of hydrogen-bond donors (Lipinski definition) is 1. The molecule has 0 aliphatic heterocycles. The molecule has 0 bridgehead atoms. The average Bonchev–Trinajstić information content (AvgIpc) is 2.75. The Hall–Kier alpha value is -1.68. The Kier molecular flexibility index (Phi) is 2.65. The number of nitrogens with two attached hydrogens (primary N) is 1. The molecule has 1 heterocycles. The van der Waals surface area contributed by atoms with Crippen LogP contribution in [0.1, 0.15) is 19.3 Å². The van der Waals surface area contributed by atoms with Gasteiger partial charge in [-0.05, 0) is 25.3 Å². The molecule has 4 nitrogen and oxygen atoms in total. The Morgan fingerprint density at radius 1 is 1.24 bits per heavy atom. The quantitative estimate of drug-likeness (QED) is 0.854. The monoisotopic (exact) mass is 229 g/mol. The van der Waals surface area contributed by atoms with E-state index in [0.29, 0.717) is 6.01 Å². The van der Waals surface area contributed by atoms with E-state index in [1.54, 1.807) is 6.20 Å². The molecule has 2 atom stereocenters. The molecule has 1 saturated carbocycles. The highest BCUT2D eigenvalue weighted by Crippen LogP contribution is 2.22. The molecule has 2 aromatic rings. The van der Waals surface area contributed by atoms with Gasteiger partial charge < -0.3 is 10.5 Å². The molecule has 1 fully saturated rings. The Morgan fingerprint density at radius 3 is 2.94 bits per heavy atom. The molecule has 2 N–H and O–H groups in total. The standard InChI is InChI=1S/C13H15N3O/c14-10-5-3-7-12(10)17-13-15-8-9-4-1-2-6-11(9)16-13/h1-2,4,6,8,10,12H,3,5,7,14H2. The van der Waals surface area contributed by atoms with Crippen LogP contribution >= 0.6 is 0 Å². The van der Waals surface area contributed by atoms with E-state index in [1.165, 1.54) is 0 Å². The second-order valence-corrected chi connectivity index (χ2v) is 4.46. The van der Waals surface area contributed by atoms with Gasteiger partial charge in [-0.25, -0.2) is 4.98 Å². The average molecular weight is 229 g/mol. The van der Waals surface area contributed by atoms with Crippen LogP contribution in [0.2, 0.25) is 0 Å². The van der Waals surface area contributed by atoms with E-state index in [9.17, 15) is 0 Å². The van der Waals surface area contributed by atoms with Crippen LogP contribution in [0.4, 0.5) is 0 Å². The minimum absolute atomic E-state index is 0.0659. The normalized spacial score (nSPS) is 24.1. The SMILES string of the molecule is NC1CCCC1Oc1ncc2ccccc2n1. The lowest BCUT2D eigenvalue weighted by molar-refractivity contribution is 0.176. The fraction of sp³-hybridized carbons (Fsp3) is 0.385. The summed E-state index contributed by atoms with van der Waals surface area (Å²) >= 11 is 0. The van der Waals surface area contributed by atoms with Crippen molar-refractivity contribution in [1.82, 2.24) is 9.97 Å². The molecule has 3 rings (SSSR count). The number of fused-ring (bicyclic) bond motifs is 1. The smallest absolute Gasteiger partial charge is 0.317 e. The third-order valence-corrected chi connectivity index (χ3v) is 3.23. The van der Waals surface area contributed by atoms with E-state index in [-0.39, 0.29) is 12.1 Å². The third kappa shape index (κ3) is 2.08. The van der Waals surface area contributed by atoms with E-state index in [1.807, 2.05) is 24.3 Å². The van der Waals surface area contributed by atoms with E-state index < -0.39 is 0 Å². The van der Waals surface area contributed by atoms with Gasteiger partial charge >= 0.3 is 6.01 Å². The van der Waals surface area contributed by atoms with Crippen LogP contribution in [-0.2, 0) is 0 Å². The zero-order valence-corrected chi connectivity index (χ0v) is 9.54. The highest BCUT2D eigenvalue weighted by atomic mass is 16.5. The van der Waals surface area contributed by atoms with Gasteiger partial charge in [0, 0.05) is 17.6 Å². The van der Waals surface area contributed by atoms with Crippen LogP contribution in [0.25, 0.3) is 10.9 Å². The summed E-state index contributed by atoms with van der Waals surface area (Å²) in [6, 6.07) is 8.43. The van der Waals surface area contributed by atoms with Gasteiger partial charge in [0.05, 0.1) is 5.52 Å². The number of aromatic nitrogens is 2. The number of hydrogen-bond acceptors (Lipinski definition) is 4. The summed E-state index contributed by atoms with van der Waals surface area (Å²) in [6.45, 7) is 0. The van der Waals surface area contributed by atoms with Crippen molar-refractivity contribution in [3.8, 4) is 6.01 Å². The van der Waals surface area contributed by atoms with Crippen molar-refractivity contribution in [2.75, 3.05) is 0 Å². The predicted octanol–water partition coefficient (Wildman–Crippen LogP) is 1.89. The number of ether oxygens (including phenoxy) is 1. The summed E-state index contributed by atoms with van der Waals surface area (Å²) in [5.74, 6) is 0. The van der Waals surface area contributed by atoms with Crippen molar-refractivity contribution in [2.24, 2.45) is 5.73 Å². The van der Waals surface area contributed by atoms with Gasteiger partial charge in [0.25, 0.3) is 0 Å². The van der Waals surface area contributed by atoms with Gasteiger partial charge in [0.1, 0.15) is 6.10 Å². The maximum absolute atomic E-state index is 5.96. The molecule has 1 aromatic heterocycles. The Bertz CT molecular complexity index is 529. The maximum Gasteiger partial charge on any atom is 0.317 e. The van der Waals surface area contributed by atoms with Crippen molar-refractivity contribution in [3.05, 3.63) is 30.5 Å². The minimum Gasteiger partial charge on any atom is -0.458 e. The number of para-hydroxylation sites is 1. The molecule has 1 aromatic carbocycles. The van der Waals surface area contributed by atoms with Crippen LogP contribution in [-0.4, -0.2) is 22.1 Å². The fourth-order valence-corrected chi connectivity index (χ4v) is 2.25. The van der Waals surface area contributed by atoms with Gasteiger partial charge in [-0.1, -0.05) is 18.2 Å². The summed E-state index contributed by atoms with van der Waals surface area (Å²) in [5.41, 5.74) is 6.87. The number of nitrogens with zero attached hydrogens (tertiary/aromatic N) is 2. The second kappa shape index (κ2) is 4.30. The van der Waals surface area contributed by atoms with Gasteiger partial charge in [-0.15, -0.1) is 0 Å². The van der Waals surface area contributed by atoms with Crippen LogP contribution in [0, 0.1) is 0 Å². The molecule has 88 valence electrons. The first-order valence-electron chi connectivity index (χ1n) is 5.97. The first-order chi connectivity index (χ1) is 8.33. The zero-order valence-electron chi connectivity index (χ0n) is 9.54. The summed E-state index contributed by atoms with van der Waals surface area (Å²) in [5, 5.41) is 1.02. The van der Waals surface area contributed by atoms with Crippen molar-refractivity contribution in [3.63, 3.8) is 0 Å². The highest BCUT2D eigenvalue weighted by molar-refractivity contribution is 5.77. The molecule has 1 aliphatic carbocycles. The van der Waals surface area contributed by atoms with Crippen LogP contribution in [0.3, 0.4) is 0 Å². The molecule has 17 heavy (non-hydrogen) atoms. The minimum atomic E-state index is 0.0659. The first kappa shape index (κ1) is 10.5. The van der Waals surface area contributed by atoms with E-state index in [2.05, 4.69) is 9.97 Å². The molecule has 0 amide bonds. The highest BCUT2D eigenvalue weighted by Gasteiger charge is 2.26. The van der Waals surface area contributed by atoms with Gasteiger partial charge in [0.15, 0.2) is 0 Å². The second-order valence-electron chi connectivity index (χ2n) is 4.46. The van der Waals surface area contributed by atoms with Crippen molar-refractivity contribution >= 4 is 10.9 Å². The predicted molar refractivity (Wildman–Crippen MR) is 65.8 cm³/mol. The summed E-state index contributed by atoms with van der Waals surface area (Å²) in [6.07, 6.45) is 5.00. The van der Waals surface area contributed by atoms with E-state index in [0.717, 1.165) is 30.2 Å². The molecular formula is C13H15N3O. The lowest BCUT2D eigenvalue weighted by Gasteiger charge is -2.16. The van der Waals surface area contributed by atoms with Crippen molar-refractivity contribution in [2.45, 2.75) is 31.4 Å². The summed E-state index contributed by atoms with van der Waals surface area (Å²) in [7, 11) is 0. The van der Waals surface area contributed by atoms with Crippen LogP contribution < -0.4 is 10.5 Å². The fourth-order valence-electron chi connectivity index (χ4n) is 2.25. The Labute approximate surface area is 99.8 Å². The van der Waals surface area contributed by atoms with Gasteiger partial charge in [-0.3, -0.25) is 0 Å². The number of benzene rings is 1. The maximum atomic E-state index is 5.96. The topological polar surface area (TPSA) is 61.0 Å². The molecule has 0 radical (unpaired) electrons. The Balaban J connectivity index is 1.85. The number of rotatable bonds is 2. The lowest BCUT2D eigenvalue weighted by Crippen LogP contribution is -2.34.